The molecular formula is C5H16BO6P2. The lowest BCUT2D eigenvalue weighted by Crippen LogP contribution is -2.19. The molecule has 0 heterocycles. The molecule has 85 valence electrons. The SMILES string of the molecule is CC(C)(P(=O)(O)O)P(=O)(O)O.C[B]C. The van der Waals surface area contributed by atoms with E-state index in [9.17, 15) is 9.13 Å². The first-order valence-electron chi connectivity index (χ1n) is 3.77. The summed E-state index contributed by atoms with van der Waals surface area (Å²) in [4.78, 5) is 31.7. The van der Waals surface area contributed by atoms with Crippen molar-refractivity contribution >= 4 is 22.5 Å². The highest BCUT2D eigenvalue weighted by Gasteiger charge is 2.52. The van der Waals surface area contributed by atoms with Crippen LogP contribution in [0.3, 0.4) is 0 Å². The second kappa shape index (κ2) is 5.45. The monoisotopic (exact) mass is 245 g/mol. The van der Waals surface area contributed by atoms with Crippen LogP contribution in [0.2, 0.25) is 13.6 Å². The normalized spacial score (nSPS) is 12.9. The van der Waals surface area contributed by atoms with Gasteiger partial charge in [-0.25, -0.2) is 0 Å². The molecule has 0 saturated heterocycles. The molecule has 0 amide bonds. The van der Waals surface area contributed by atoms with Gasteiger partial charge in [-0.1, -0.05) is 13.6 Å². The summed E-state index contributed by atoms with van der Waals surface area (Å²) in [6.45, 7) is 5.66. The van der Waals surface area contributed by atoms with Crippen LogP contribution in [0.15, 0.2) is 0 Å². The number of hydrogen-bond donors (Lipinski definition) is 4. The molecule has 0 aromatic heterocycles. The number of rotatable bonds is 2. The first-order chi connectivity index (χ1) is 5.91. The van der Waals surface area contributed by atoms with Crippen molar-refractivity contribution in [2.45, 2.75) is 32.4 Å². The maximum absolute atomic E-state index is 10.5. The van der Waals surface area contributed by atoms with E-state index in [-0.39, 0.29) is 0 Å². The molecule has 0 bridgehead atoms. The average Bonchev–Trinajstić information content (AvgIpc) is 1.83. The second-order valence-electron chi connectivity index (χ2n) is 3.16. The predicted molar refractivity (Wildman–Crippen MR) is 55.6 cm³/mol. The van der Waals surface area contributed by atoms with Crippen molar-refractivity contribution in [3.8, 4) is 0 Å². The van der Waals surface area contributed by atoms with Crippen LogP contribution in [-0.2, 0) is 9.13 Å². The molecule has 0 fully saturated rings. The van der Waals surface area contributed by atoms with Crippen LogP contribution < -0.4 is 0 Å². The van der Waals surface area contributed by atoms with E-state index in [1.165, 1.54) is 0 Å². The molecule has 0 rings (SSSR count). The van der Waals surface area contributed by atoms with Crippen LogP contribution in [0.1, 0.15) is 13.8 Å². The highest BCUT2D eigenvalue weighted by molar-refractivity contribution is 7.72. The third-order valence-corrected chi connectivity index (χ3v) is 5.84. The molecule has 14 heavy (non-hydrogen) atoms. The third kappa shape index (κ3) is 4.74. The molecule has 0 aliphatic carbocycles. The lowest BCUT2D eigenvalue weighted by molar-refractivity contribution is 0.318. The molecule has 0 aliphatic rings. The highest BCUT2D eigenvalue weighted by Crippen LogP contribution is 2.68. The molecule has 9 heteroatoms. The maximum Gasteiger partial charge on any atom is 0.343 e. The summed E-state index contributed by atoms with van der Waals surface area (Å²) in [5, 5.41) is 0. The van der Waals surface area contributed by atoms with Gasteiger partial charge in [0.1, 0.15) is 7.28 Å². The van der Waals surface area contributed by atoms with Gasteiger partial charge in [0.05, 0.1) is 0 Å². The van der Waals surface area contributed by atoms with Gasteiger partial charge in [0.2, 0.25) is 0 Å². The van der Waals surface area contributed by atoms with E-state index in [0.29, 0.717) is 0 Å². The maximum atomic E-state index is 10.5. The van der Waals surface area contributed by atoms with Gasteiger partial charge in [-0.2, -0.15) is 0 Å². The van der Waals surface area contributed by atoms with E-state index in [0.717, 1.165) is 13.8 Å². The fourth-order valence-electron chi connectivity index (χ4n) is 0.170. The average molecular weight is 245 g/mol. The van der Waals surface area contributed by atoms with Crippen LogP contribution in [0, 0.1) is 0 Å². The summed E-state index contributed by atoms with van der Waals surface area (Å²) < 4.78 is 21.0. The van der Waals surface area contributed by atoms with Gasteiger partial charge < -0.3 is 19.6 Å². The Balaban J connectivity index is 0. The summed E-state index contributed by atoms with van der Waals surface area (Å²) in [7, 11) is -7.51. The van der Waals surface area contributed by atoms with E-state index in [2.05, 4.69) is 0 Å². The molecule has 0 atom stereocenters. The molecular weight excluding hydrogens is 229 g/mol. The van der Waals surface area contributed by atoms with Crippen LogP contribution >= 0.6 is 15.2 Å². The van der Waals surface area contributed by atoms with Gasteiger partial charge in [0, 0.05) is 0 Å². The van der Waals surface area contributed by atoms with Gasteiger partial charge >= 0.3 is 15.2 Å². The Kier molecular flexibility index (Phi) is 6.53. The Morgan fingerprint density at radius 1 is 0.929 bits per heavy atom. The summed E-state index contributed by atoms with van der Waals surface area (Å²) in [5.74, 6) is 0. The Bertz CT molecular complexity index is 229. The summed E-state index contributed by atoms with van der Waals surface area (Å²) >= 11 is 0. The van der Waals surface area contributed by atoms with Gasteiger partial charge in [-0.05, 0) is 13.8 Å². The molecule has 0 spiro atoms. The summed E-state index contributed by atoms with van der Waals surface area (Å²) in [6.07, 6.45) is 0. The second-order valence-corrected chi connectivity index (χ2v) is 7.92. The van der Waals surface area contributed by atoms with E-state index in [1.807, 2.05) is 20.9 Å². The minimum absolute atomic E-state index is 0.828. The Hall–Kier alpha value is 0.365. The minimum atomic E-state index is -4.75. The van der Waals surface area contributed by atoms with Gasteiger partial charge in [0.25, 0.3) is 0 Å². The van der Waals surface area contributed by atoms with E-state index in [4.69, 9.17) is 19.6 Å². The lowest BCUT2D eigenvalue weighted by Gasteiger charge is -2.25. The zero-order valence-electron chi connectivity index (χ0n) is 8.58. The molecule has 0 aliphatic heterocycles. The van der Waals surface area contributed by atoms with Crippen LogP contribution in [-0.4, -0.2) is 31.8 Å². The summed E-state index contributed by atoms with van der Waals surface area (Å²) in [6, 6.07) is 0. The van der Waals surface area contributed by atoms with E-state index in [1.54, 1.807) is 0 Å². The first kappa shape index (κ1) is 16.8. The van der Waals surface area contributed by atoms with Crippen molar-refractivity contribution in [2.75, 3.05) is 0 Å². The van der Waals surface area contributed by atoms with Gasteiger partial charge in [-0.3, -0.25) is 9.13 Å². The largest absolute Gasteiger partial charge is 0.343 e. The van der Waals surface area contributed by atoms with Crippen LogP contribution in [0.4, 0.5) is 0 Å². The lowest BCUT2D eigenvalue weighted by atomic mass is 9.88. The standard InChI is InChI=1S/C3H10O6P2.C2H6B/c1-3(2,10(4,5)6)11(7,8)9;1-3-2/h1-2H3,(H2,4,5,6)(H2,7,8,9);1-2H3. The molecule has 6 nitrogen and oxygen atoms in total. The van der Waals surface area contributed by atoms with Crippen molar-refractivity contribution in [3.63, 3.8) is 0 Å². The van der Waals surface area contributed by atoms with Crippen molar-refractivity contribution < 1.29 is 28.7 Å². The minimum Gasteiger partial charge on any atom is -0.324 e. The molecule has 4 N–H and O–H groups in total. The zero-order chi connectivity index (χ0) is 12.2. The van der Waals surface area contributed by atoms with Crippen molar-refractivity contribution in [1.82, 2.24) is 0 Å². The quantitative estimate of drug-likeness (QED) is 0.423. The van der Waals surface area contributed by atoms with Crippen molar-refractivity contribution in [3.05, 3.63) is 0 Å². The Morgan fingerprint density at radius 3 is 1.07 bits per heavy atom. The van der Waals surface area contributed by atoms with Crippen molar-refractivity contribution in [2.24, 2.45) is 0 Å². The smallest absolute Gasteiger partial charge is 0.324 e. The van der Waals surface area contributed by atoms with Gasteiger partial charge in [0.15, 0.2) is 4.90 Å². The molecule has 1 radical (unpaired) electrons. The molecule has 0 saturated carbocycles. The number of hydrogen-bond acceptors (Lipinski definition) is 2. The fourth-order valence-corrected chi connectivity index (χ4v) is 1.53. The van der Waals surface area contributed by atoms with Crippen molar-refractivity contribution in [1.29, 1.82) is 0 Å². The van der Waals surface area contributed by atoms with E-state index >= 15 is 0 Å². The van der Waals surface area contributed by atoms with Crippen LogP contribution in [0.25, 0.3) is 0 Å². The first-order valence-corrected chi connectivity index (χ1v) is 6.99. The van der Waals surface area contributed by atoms with E-state index < -0.39 is 20.1 Å². The summed E-state index contributed by atoms with van der Waals surface area (Å²) in [5.41, 5.74) is 0. The van der Waals surface area contributed by atoms with Crippen LogP contribution in [0.5, 0.6) is 0 Å². The fraction of sp³-hybridized carbons (Fsp3) is 1.00. The topological polar surface area (TPSA) is 115 Å². The Morgan fingerprint density at radius 2 is 1.07 bits per heavy atom. The third-order valence-electron chi connectivity index (χ3n) is 1.43. The molecule has 0 aromatic rings. The highest BCUT2D eigenvalue weighted by atomic mass is 31.2. The Labute approximate surface area is 84.3 Å². The van der Waals surface area contributed by atoms with Gasteiger partial charge in [-0.15, -0.1) is 0 Å². The predicted octanol–water partition coefficient (Wildman–Crippen LogP) is 0.865. The zero-order valence-corrected chi connectivity index (χ0v) is 10.4. The molecule has 0 unspecified atom stereocenters. The molecule has 0 aromatic carbocycles.